The highest BCUT2D eigenvalue weighted by atomic mass is 32.2. The molecule has 0 aliphatic carbocycles. The van der Waals surface area contributed by atoms with Crippen LogP contribution in [0.15, 0.2) is 84.0 Å². The Morgan fingerprint density at radius 3 is 2.57 bits per heavy atom. The molecule has 0 atom stereocenters. The number of carbonyl (C=O) groups excluding carboxylic acids is 2. The van der Waals surface area contributed by atoms with Crippen molar-refractivity contribution in [2.24, 2.45) is 0 Å². The van der Waals surface area contributed by atoms with Crippen LogP contribution in [0, 0.1) is 6.92 Å². The second kappa shape index (κ2) is 13.8. The fourth-order valence-corrected chi connectivity index (χ4v) is 7.42. The van der Waals surface area contributed by atoms with Crippen LogP contribution in [0.25, 0.3) is 11.3 Å². The van der Waals surface area contributed by atoms with Crippen molar-refractivity contribution in [1.29, 1.82) is 0 Å². The number of nitrogens with one attached hydrogen (secondary N) is 1. The normalized spacial score (nSPS) is 14.7. The Bertz CT molecular complexity index is 2220. The molecule has 5 aromatic rings. The average molecular weight is 710 g/mol. The Morgan fingerprint density at radius 1 is 1.02 bits per heavy atom. The van der Waals surface area contributed by atoms with Crippen LogP contribution in [0.1, 0.15) is 21.5 Å². The summed E-state index contributed by atoms with van der Waals surface area (Å²) in [4.78, 5) is 37.2. The second-order valence-corrected chi connectivity index (χ2v) is 14.1. The van der Waals surface area contributed by atoms with Crippen molar-refractivity contribution >= 4 is 39.0 Å². The maximum atomic E-state index is 13.4. The summed E-state index contributed by atoms with van der Waals surface area (Å²) in [5, 5.41) is 11.4. The second-order valence-electron chi connectivity index (χ2n) is 12.1. The summed E-state index contributed by atoms with van der Waals surface area (Å²) in [5.74, 6) is 0.594. The molecule has 1 saturated heterocycles. The minimum atomic E-state index is -3.84. The molecule has 3 aromatic carbocycles. The molecule has 2 aromatic heterocycles. The quantitative estimate of drug-likeness (QED) is 0.239. The topological polar surface area (TPSA) is 165 Å². The van der Waals surface area contributed by atoms with Crippen LogP contribution >= 0.6 is 0 Å². The number of methoxy groups -OCH3 is 1. The van der Waals surface area contributed by atoms with E-state index in [9.17, 15) is 18.0 Å². The van der Waals surface area contributed by atoms with Gasteiger partial charge in [-0.2, -0.15) is 9.29 Å². The number of fused-ring (bicyclic) bond motifs is 1. The number of nitrogens with zero attached hydrogens (tertiary/aromatic N) is 8. The van der Waals surface area contributed by atoms with Crippen molar-refractivity contribution < 1.29 is 27.5 Å². The van der Waals surface area contributed by atoms with Crippen molar-refractivity contribution in [3.63, 3.8) is 0 Å². The number of anilines is 3. The molecule has 7 rings (SSSR count). The number of aryl methyl sites for hydroxylation is 1. The smallest absolute Gasteiger partial charge is 0.318 e. The monoisotopic (exact) mass is 709 g/mol. The molecule has 2 amide bonds. The van der Waals surface area contributed by atoms with Crippen LogP contribution in [-0.4, -0.2) is 101 Å². The van der Waals surface area contributed by atoms with Gasteiger partial charge in [-0.3, -0.25) is 9.59 Å². The predicted octanol–water partition coefficient (Wildman–Crippen LogP) is 3.35. The predicted molar refractivity (Wildman–Crippen MR) is 188 cm³/mol. The third-order valence-corrected chi connectivity index (χ3v) is 10.8. The summed E-state index contributed by atoms with van der Waals surface area (Å²) in [6.45, 7) is 3.15. The van der Waals surface area contributed by atoms with Gasteiger partial charge in [-0.25, -0.2) is 18.1 Å². The Morgan fingerprint density at radius 2 is 1.80 bits per heavy atom. The van der Waals surface area contributed by atoms with Gasteiger partial charge in [-0.05, 0) is 66.6 Å². The lowest BCUT2D eigenvalue weighted by Gasteiger charge is -2.34. The minimum Gasteiger partial charge on any atom is -0.482 e. The first-order valence-electron chi connectivity index (χ1n) is 16.2. The maximum absolute atomic E-state index is 13.4. The number of carbonyl (C=O) groups is 2. The zero-order valence-electron chi connectivity index (χ0n) is 28.2. The number of sulfonamides is 1. The summed E-state index contributed by atoms with van der Waals surface area (Å²) in [7, 11) is -0.388. The first-order valence-corrected chi connectivity index (χ1v) is 17.6. The summed E-state index contributed by atoms with van der Waals surface area (Å²) in [6.07, 6.45) is 3.54. The molecule has 1 fully saturated rings. The van der Waals surface area contributed by atoms with Crippen molar-refractivity contribution in [3.8, 4) is 23.0 Å². The molecule has 2 aliphatic rings. The molecule has 16 heteroatoms. The SMILES string of the molecule is COc1nccc(N(C)c2ccc(C)c(-c3cn(Cc4ccc(C(=O)N5CCN(S(=O)(=O)c6ccc7c(c6)NC(=O)CO7)CC5)cc4)nn3)c2)n1. The lowest BCUT2D eigenvalue weighted by molar-refractivity contribution is -0.118. The molecule has 0 radical (unpaired) electrons. The Labute approximate surface area is 294 Å². The van der Waals surface area contributed by atoms with Gasteiger partial charge < -0.3 is 24.6 Å². The van der Waals surface area contributed by atoms with Crippen LogP contribution < -0.4 is 19.7 Å². The van der Waals surface area contributed by atoms with Gasteiger partial charge >= 0.3 is 6.01 Å². The largest absolute Gasteiger partial charge is 0.482 e. The van der Waals surface area contributed by atoms with Gasteiger partial charge in [0.1, 0.15) is 17.3 Å². The van der Waals surface area contributed by atoms with Gasteiger partial charge in [-0.1, -0.05) is 23.4 Å². The first kappa shape index (κ1) is 33.6. The van der Waals surface area contributed by atoms with E-state index < -0.39 is 10.0 Å². The van der Waals surface area contributed by atoms with Gasteiger partial charge in [0.15, 0.2) is 6.61 Å². The van der Waals surface area contributed by atoms with E-state index in [0.717, 1.165) is 28.1 Å². The molecule has 2 aliphatic heterocycles. The molecule has 0 bridgehead atoms. The van der Waals surface area contributed by atoms with Gasteiger partial charge in [0.05, 0.1) is 30.4 Å². The third-order valence-electron chi connectivity index (χ3n) is 8.86. The highest BCUT2D eigenvalue weighted by Gasteiger charge is 2.31. The van der Waals surface area contributed by atoms with E-state index in [-0.39, 0.29) is 55.5 Å². The molecular formula is C35H35N9O6S. The number of piperazine rings is 1. The van der Waals surface area contributed by atoms with Crippen molar-refractivity contribution in [3.05, 3.63) is 95.8 Å². The third kappa shape index (κ3) is 6.95. The van der Waals surface area contributed by atoms with Crippen LogP contribution in [0.3, 0.4) is 0 Å². The molecule has 262 valence electrons. The Balaban J connectivity index is 0.968. The van der Waals surface area contributed by atoms with Crippen LogP contribution in [0.5, 0.6) is 11.8 Å². The zero-order chi connectivity index (χ0) is 35.7. The number of benzene rings is 3. The molecule has 4 heterocycles. The van der Waals surface area contributed by atoms with E-state index >= 15 is 0 Å². The number of ether oxygens (including phenoxy) is 2. The lowest BCUT2D eigenvalue weighted by atomic mass is 10.0. The van der Waals surface area contributed by atoms with Crippen LogP contribution in [0.2, 0.25) is 0 Å². The lowest BCUT2D eigenvalue weighted by Crippen LogP contribution is -2.50. The highest BCUT2D eigenvalue weighted by Crippen LogP contribution is 2.32. The number of aromatic nitrogens is 5. The number of hydrogen-bond acceptors (Lipinski definition) is 11. The van der Waals surface area contributed by atoms with Crippen LogP contribution in [0.4, 0.5) is 17.2 Å². The minimum absolute atomic E-state index is 0.0538. The zero-order valence-corrected chi connectivity index (χ0v) is 29.0. The average Bonchev–Trinajstić information content (AvgIpc) is 3.62. The van der Waals surface area contributed by atoms with Crippen molar-refractivity contribution in [2.75, 3.05) is 57.2 Å². The van der Waals surface area contributed by atoms with Crippen molar-refractivity contribution in [2.45, 2.75) is 18.4 Å². The van der Waals surface area contributed by atoms with Crippen LogP contribution in [-0.2, 0) is 21.4 Å². The molecule has 0 unspecified atom stereocenters. The van der Waals surface area contributed by atoms with Gasteiger partial charge in [0, 0.05) is 56.2 Å². The standard InChI is InChI=1S/C35H35N9O6S/c1-23-4-9-26(41(2)32-12-13-36-35(38-32)49-3)18-28(23)30-21-43(40-39-30)20-24-5-7-25(8-6-24)34(46)42-14-16-44(17-15-42)51(47,48)27-10-11-31-29(19-27)37-33(45)22-50-31/h4-13,18-19,21H,14-17,20,22H2,1-3H3,(H,37,45). The molecule has 15 nitrogen and oxygen atoms in total. The number of rotatable bonds is 9. The van der Waals surface area contributed by atoms with E-state index in [1.807, 2.05) is 61.5 Å². The molecule has 51 heavy (non-hydrogen) atoms. The first-order chi connectivity index (χ1) is 24.6. The van der Waals surface area contributed by atoms with E-state index in [4.69, 9.17) is 9.47 Å². The summed E-state index contributed by atoms with van der Waals surface area (Å²) in [5.41, 5.74) is 5.39. The fourth-order valence-electron chi connectivity index (χ4n) is 5.97. The van der Waals surface area contributed by atoms with E-state index in [1.165, 1.54) is 29.6 Å². The summed E-state index contributed by atoms with van der Waals surface area (Å²) >= 11 is 0. The molecule has 0 saturated carbocycles. The summed E-state index contributed by atoms with van der Waals surface area (Å²) < 4.78 is 40.3. The Hall–Kier alpha value is -5.87. The molecular weight excluding hydrogens is 675 g/mol. The van der Waals surface area contributed by atoms with E-state index in [2.05, 4.69) is 25.6 Å². The van der Waals surface area contributed by atoms with Crippen molar-refractivity contribution in [1.82, 2.24) is 34.2 Å². The number of hydrogen-bond donors (Lipinski definition) is 1. The van der Waals surface area contributed by atoms with Gasteiger partial charge in [-0.15, -0.1) is 5.10 Å². The van der Waals surface area contributed by atoms with Gasteiger partial charge in [0.2, 0.25) is 10.0 Å². The number of amides is 2. The summed E-state index contributed by atoms with van der Waals surface area (Å²) in [6, 6.07) is 19.9. The maximum Gasteiger partial charge on any atom is 0.318 e. The van der Waals surface area contributed by atoms with Gasteiger partial charge in [0.25, 0.3) is 11.8 Å². The van der Waals surface area contributed by atoms with E-state index in [0.29, 0.717) is 29.4 Å². The van der Waals surface area contributed by atoms with E-state index in [1.54, 1.807) is 27.9 Å². The highest BCUT2D eigenvalue weighted by molar-refractivity contribution is 7.89. The molecule has 0 spiro atoms. The molecule has 1 N–H and O–H groups in total. The fraction of sp³-hybridized carbons (Fsp3) is 0.257. The Kier molecular flexibility index (Phi) is 9.10.